The van der Waals surface area contributed by atoms with E-state index in [1.165, 1.54) is 22.3 Å². The van der Waals surface area contributed by atoms with Gasteiger partial charge in [0.15, 0.2) is 0 Å². The Balaban J connectivity index is 1.88. The van der Waals surface area contributed by atoms with Gasteiger partial charge in [-0.15, -0.1) is 0 Å². The molecule has 1 aromatic carbocycles. The van der Waals surface area contributed by atoms with E-state index in [1.54, 1.807) is 0 Å². The van der Waals surface area contributed by atoms with Crippen LogP contribution in [-0.4, -0.2) is 18.0 Å². The highest BCUT2D eigenvalue weighted by molar-refractivity contribution is 9.09. The van der Waals surface area contributed by atoms with Crippen molar-refractivity contribution in [2.75, 3.05) is 11.9 Å². The van der Waals surface area contributed by atoms with Gasteiger partial charge in [-0.05, 0) is 41.7 Å². The number of benzene rings is 1. The van der Waals surface area contributed by atoms with Crippen LogP contribution < -0.4 is 0 Å². The summed E-state index contributed by atoms with van der Waals surface area (Å²) in [6, 6.07) is 8.57. The van der Waals surface area contributed by atoms with Crippen LogP contribution >= 0.6 is 15.9 Å². The first kappa shape index (κ1) is 17.5. The molecule has 24 heavy (non-hydrogen) atoms. The largest absolute Gasteiger partial charge is 0.489 e. The van der Waals surface area contributed by atoms with Crippen LogP contribution in [-0.2, 0) is 22.5 Å². The molecule has 1 aliphatic heterocycles. The number of rotatable bonds is 6. The fourth-order valence-corrected chi connectivity index (χ4v) is 3.41. The zero-order valence-corrected chi connectivity index (χ0v) is 15.8. The third kappa shape index (κ3) is 4.01. The van der Waals surface area contributed by atoms with E-state index in [2.05, 4.69) is 65.3 Å². The lowest BCUT2D eigenvalue weighted by Crippen LogP contribution is -2.20. The summed E-state index contributed by atoms with van der Waals surface area (Å²) in [5.74, 6) is 1.00. The Labute approximate surface area is 153 Å². The van der Waals surface area contributed by atoms with Gasteiger partial charge in [0.1, 0.15) is 18.5 Å². The molecule has 0 aromatic heterocycles. The molecule has 2 aliphatic rings. The van der Waals surface area contributed by atoms with Crippen LogP contribution in [0.25, 0.3) is 0 Å². The molecule has 128 valence electrons. The summed E-state index contributed by atoms with van der Waals surface area (Å²) < 4.78 is 12.3. The lowest BCUT2D eigenvalue weighted by Gasteiger charge is -2.25. The van der Waals surface area contributed by atoms with Crippen molar-refractivity contribution in [2.45, 2.75) is 45.3 Å². The van der Waals surface area contributed by atoms with Crippen molar-refractivity contribution in [1.82, 2.24) is 0 Å². The van der Waals surface area contributed by atoms with E-state index in [9.17, 15) is 0 Å². The number of ether oxygens (including phenoxy) is 2. The highest BCUT2D eigenvalue weighted by Gasteiger charge is 2.26. The fraction of sp³-hybridized carbons (Fsp3) is 0.429. The summed E-state index contributed by atoms with van der Waals surface area (Å²) in [6.45, 7) is 3.64. The van der Waals surface area contributed by atoms with Crippen LogP contribution in [0.5, 0.6) is 0 Å². The SMILES string of the molecule is CCCCOC1C=CC2=C(Cc3ccccc3CO2)C1=CCCBr. The van der Waals surface area contributed by atoms with Crippen LogP contribution in [0.3, 0.4) is 0 Å². The van der Waals surface area contributed by atoms with Crippen molar-refractivity contribution in [1.29, 1.82) is 0 Å². The number of fused-ring (bicyclic) bond motifs is 1. The molecule has 0 saturated heterocycles. The molecular weight excluding hydrogens is 364 g/mol. The van der Waals surface area contributed by atoms with E-state index in [0.29, 0.717) is 6.61 Å². The van der Waals surface area contributed by atoms with Gasteiger partial charge in [-0.1, -0.05) is 59.6 Å². The predicted octanol–water partition coefficient (Wildman–Crippen LogP) is 5.48. The monoisotopic (exact) mass is 388 g/mol. The lowest BCUT2D eigenvalue weighted by molar-refractivity contribution is 0.103. The van der Waals surface area contributed by atoms with Crippen LogP contribution in [0, 0.1) is 0 Å². The minimum absolute atomic E-state index is 0.0446. The van der Waals surface area contributed by atoms with E-state index < -0.39 is 0 Å². The van der Waals surface area contributed by atoms with Gasteiger partial charge in [0.25, 0.3) is 0 Å². The van der Waals surface area contributed by atoms with Gasteiger partial charge in [-0.25, -0.2) is 0 Å². The van der Waals surface area contributed by atoms with E-state index in [1.807, 2.05) is 0 Å². The Hall–Kier alpha value is -1.32. The van der Waals surface area contributed by atoms with Gasteiger partial charge in [0.2, 0.25) is 0 Å². The van der Waals surface area contributed by atoms with Crippen LogP contribution in [0.4, 0.5) is 0 Å². The molecule has 0 N–H and O–H groups in total. The number of hydrogen-bond donors (Lipinski definition) is 0. The zero-order valence-electron chi connectivity index (χ0n) is 14.3. The van der Waals surface area contributed by atoms with Crippen LogP contribution in [0.1, 0.15) is 37.3 Å². The molecule has 1 aliphatic carbocycles. The van der Waals surface area contributed by atoms with Gasteiger partial charge < -0.3 is 9.47 Å². The van der Waals surface area contributed by atoms with Gasteiger partial charge in [-0.3, -0.25) is 0 Å². The molecule has 0 saturated carbocycles. The maximum absolute atomic E-state index is 6.15. The first-order valence-electron chi connectivity index (χ1n) is 8.82. The molecule has 0 radical (unpaired) electrons. The van der Waals surface area contributed by atoms with Gasteiger partial charge >= 0.3 is 0 Å². The maximum Gasteiger partial charge on any atom is 0.123 e. The van der Waals surface area contributed by atoms with Gasteiger partial charge in [0.05, 0.1) is 0 Å². The summed E-state index contributed by atoms with van der Waals surface area (Å²) in [7, 11) is 0. The Morgan fingerprint density at radius 3 is 2.92 bits per heavy atom. The topological polar surface area (TPSA) is 18.5 Å². The lowest BCUT2D eigenvalue weighted by atomic mass is 9.88. The number of allylic oxidation sites excluding steroid dienone is 2. The Morgan fingerprint density at radius 2 is 2.12 bits per heavy atom. The minimum atomic E-state index is 0.0446. The number of unbranched alkanes of at least 4 members (excludes halogenated alkanes) is 1. The third-order valence-corrected chi connectivity index (χ3v) is 4.97. The molecule has 0 bridgehead atoms. The van der Waals surface area contributed by atoms with Crippen LogP contribution in [0.15, 0.2) is 59.4 Å². The quantitative estimate of drug-likeness (QED) is 0.474. The molecule has 0 fully saturated rings. The average molecular weight is 389 g/mol. The fourth-order valence-electron chi connectivity index (χ4n) is 3.18. The number of halogens is 1. The van der Waals surface area contributed by atoms with Crippen molar-refractivity contribution in [3.05, 3.63) is 70.5 Å². The second-order valence-corrected chi connectivity index (χ2v) is 7.01. The van der Waals surface area contributed by atoms with Crippen molar-refractivity contribution in [2.24, 2.45) is 0 Å². The Bertz CT molecular complexity index is 658. The summed E-state index contributed by atoms with van der Waals surface area (Å²) in [5.41, 5.74) is 5.20. The molecule has 0 spiro atoms. The standard InChI is InChI=1S/C21H25BrO2/c1-2-3-13-23-20-10-11-21-19(18(20)9-6-12-22)14-16-7-4-5-8-17(16)15-24-21/h4-5,7-11,20H,2-3,6,12-15H2,1H3. The van der Waals surface area contributed by atoms with Gasteiger partial charge in [0, 0.05) is 23.9 Å². The van der Waals surface area contributed by atoms with E-state index >= 15 is 0 Å². The third-order valence-electron chi connectivity index (χ3n) is 4.51. The summed E-state index contributed by atoms with van der Waals surface area (Å²) in [4.78, 5) is 0. The number of hydrogen-bond acceptors (Lipinski definition) is 2. The normalized spacial score (nSPS) is 21.2. The van der Waals surface area contributed by atoms with Crippen molar-refractivity contribution < 1.29 is 9.47 Å². The van der Waals surface area contributed by atoms with Crippen molar-refractivity contribution in [3.8, 4) is 0 Å². The Kier molecular flexibility index (Phi) is 6.33. The Morgan fingerprint density at radius 1 is 1.29 bits per heavy atom. The smallest absolute Gasteiger partial charge is 0.123 e. The second-order valence-electron chi connectivity index (χ2n) is 6.22. The molecule has 2 nitrogen and oxygen atoms in total. The molecule has 1 atom stereocenters. The second kappa shape index (κ2) is 8.68. The summed E-state index contributed by atoms with van der Waals surface area (Å²) in [5, 5.41) is 0.960. The van der Waals surface area contributed by atoms with E-state index in [-0.39, 0.29) is 6.10 Å². The maximum atomic E-state index is 6.15. The highest BCUT2D eigenvalue weighted by atomic mass is 79.9. The molecule has 3 rings (SSSR count). The molecule has 1 unspecified atom stereocenters. The molecular formula is C21H25BrO2. The van der Waals surface area contributed by atoms with Crippen molar-refractivity contribution >= 4 is 15.9 Å². The molecule has 1 heterocycles. The minimum Gasteiger partial charge on any atom is -0.489 e. The van der Waals surface area contributed by atoms with Crippen LogP contribution in [0.2, 0.25) is 0 Å². The predicted molar refractivity (Wildman–Crippen MR) is 102 cm³/mol. The van der Waals surface area contributed by atoms with Crippen molar-refractivity contribution in [3.63, 3.8) is 0 Å². The first-order valence-corrected chi connectivity index (χ1v) is 9.94. The molecule has 0 amide bonds. The highest BCUT2D eigenvalue weighted by Crippen LogP contribution is 2.34. The molecule has 1 aromatic rings. The van der Waals surface area contributed by atoms with E-state index in [4.69, 9.17) is 9.47 Å². The number of alkyl halides is 1. The first-order chi connectivity index (χ1) is 11.8. The summed E-state index contributed by atoms with van der Waals surface area (Å²) >= 11 is 3.54. The molecule has 3 heteroatoms. The summed E-state index contributed by atoms with van der Waals surface area (Å²) in [6.07, 6.45) is 10.8. The zero-order chi connectivity index (χ0) is 16.8. The average Bonchev–Trinajstić information content (AvgIpc) is 2.80. The van der Waals surface area contributed by atoms with E-state index in [0.717, 1.165) is 43.4 Å². The van der Waals surface area contributed by atoms with Gasteiger partial charge in [-0.2, -0.15) is 0 Å².